The molecule has 0 spiro atoms. The second-order valence-electron chi connectivity index (χ2n) is 5.97. The lowest BCUT2D eigenvalue weighted by molar-refractivity contribution is -0.116. The molecule has 146 valence electrons. The molecule has 1 amide bonds. The molecule has 8 heteroatoms. The lowest BCUT2D eigenvalue weighted by Gasteiger charge is -2.20. The molecule has 0 saturated carbocycles. The number of hydrogen-bond acceptors (Lipinski definition) is 5. The number of halogens is 1. The van der Waals surface area contributed by atoms with Crippen LogP contribution in [0, 0.1) is 5.82 Å². The van der Waals surface area contributed by atoms with E-state index in [1.165, 1.54) is 23.9 Å². The Bertz CT molecular complexity index is 959. The van der Waals surface area contributed by atoms with Crippen LogP contribution < -0.4 is 9.64 Å². The van der Waals surface area contributed by atoms with E-state index in [0.717, 1.165) is 5.56 Å². The van der Waals surface area contributed by atoms with Crippen molar-refractivity contribution in [2.45, 2.75) is 12.1 Å². The summed E-state index contributed by atoms with van der Waals surface area (Å²) in [5.41, 5.74) is 1.50. The van der Waals surface area contributed by atoms with Crippen molar-refractivity contribution in [3.05, 3.63) is 54.3 Å². The van der Waals surface area contributed by atoms with E-state index in [9.17, 15) is 9.18 Å². The van der Waals surface area contributed by atoms with Crippen molar-refractivity contribution in [3.8, 4) is 17.1 Å². The number of para-hydroxylation sites is 1. The summed E-state index contributed by atoms with van der Waals surface area (Å²) >= 11 is 1.31. The number of benzene rings is 2. The lowest BCUT2D eigenvalue weighted by Crippen LogP contribution is -2.32. The van der Waals surface area contributed by atoms with Gasteiger partial charge in [-0.3, -0.25) is 4.79 Å². The molecular weight excluding hydrogens is 379 g/mol. The molecule has 1 heterocycles. The number of ether oxygens (including phenoxy) is 1. The molecule has 0 unspecified atom stereocenters. The number of methoxy groups -OCH3 is 1. The van der Waals surface area contributed by atoms with Crippen molar-refractivity contribution in [1.82, 2.24) is 14.8 Å². The Hall–Kier alpha value is -2.87. The fourth-order valence-corrected chi connectivity index (χ4v) is 3.62. The molecule has 0 bridgehead atoms. The summed E-state index contributed by atoms with van der Waals surface area (Å²) in [6.45, 7) is 2.38. The maximum absolute atomic E-state index is 13.1. The minimum atomic E-state index is -0.329. The third-order valence-corrected chi connectivity index (χ3v) is 5.27. The molecular formula is C20H21FN4O2S. The number of carbonyl (C=O) groups is 1. The predicted molar refractivity (Wildman–Crippen MR) is 108 cm³/mol. The highest BCUT2D eigenvalue weighted by Crippen LogP contribution is 2.30. The Morgan fingerprint density at radius 1 is 1.18 bits per heavy atom. The average molecular weight is 400 g/mol. The quantitative estimate of drug-likeness (QED) is 0.565. The number of thioether (sulfide) groups is 1. The van der Waals surface area contributed by atoms with Crippen LogP contribution in [0.4, 0.5) is 10.1 Å². The zero-order valence-corrected chi connectivity index (χ0v) is 16.7. The highest BCUT2D eigenvalue weighted by atomic mass is 32.2. The summed E-state index contributed by atoms with van der Waals surface area (Å²) in [7, 11) is 3.46. The topological polar surface area (TPSA) is 60.3 Å². The van der Waals surface area contributed by atoms with Crippen LogP contribution in [0.2, 0.25) is 0 Å². The highest BCUT2D eigenvalue weighted by Gasteiger charge is 2.18. The third kappa shape index (κ3) is 4.17. The van der Waals surface area contributed by atoms with Crippen LogP contribution in [-0.4, -0.2) is 40.1 Å². The first-order chi connectivity index (χ1) is 13.5. The van der Waals surface area contributed by atoms with Gasteiger partial charge in [0.1, 0.15) is 11.6 Å². The number of rotatable bonds is 7. The summed E-state index contributed by atoms with van der Waals surface area (Å²) in [6, 6.07) is 13.5. The predicted octanol–water partition coefficient (Wildman–Crippen LogP) is 3.78. The first-order valence-corrected chi connectivity index (χ1v) is 9.75. The average Bonchev–Trinajstić information content (AvgIpc) is 3.08. The van der Waals surface area contributed by atoms with Crippen LogP contribution in [0.3, 0.4) is 0 Å². The number of hydrogen-bond donors (Lipinski definition) is 0. The van der Waals surface area contributed by atoms with Crippen molar-refractivity contribution in [3.63, 3.8) is 0 Å². The second-order valence-corrected chi connectivity index (χ2v) is 6.91. The van der Waals surface area contributed by atoms with Gasteiger partial charge in [-0.05, 0) is 43.3 Å². The molecule has 0 aliphatic rings. The first kappa shape index (κ1) is 19.9. The summed E-state index contributed by atoms with van der Waals surface area (Å²) < 4.78 is 20.4. The van der Waals surface area contributed by atoms with Gasteiger partial charge in [-0.1, -0.05) is 23.9 Å². The van der Waals surface area contributed by atoms with Gasteiger partial charge in [0.15, 0.2) is 11.0 Å². The van der Waals surface area contributed by atoms with Gasteiger partial charge >= 0.3 is 0 Å². The van der Waals surface area contributed by atoms with Gasteiger partial charge in [0, 0.05) is 19.3 Å². The summed E-state index contributed by atoms with van der Waals surface area (Å²) in [5, 5.41) is 9.09. The van der Waals surface area contributed by atoms with E-state index in [4.69, 9.17) is 4.74 Å². The fraction of sp³-hybridized carbons (Fsp3) is 0.250. The van der Waals surface area contributed by atoms with Crippen LogP contribution in [-0.2, 0) is 11.8 Å². The lowest BCUT2D eigenvalue weighted by atomic mass is 10.2. The molecule has 6 nitrogen and oxygen atoms in total. The Balaban J connectivity index is 1.73. The molecule has 0 aliphatic heterocycles. The van der Waals surface area contributed by atoms with Crippen LogP contribution in [0.25, 0.3) is 11.4 Å². The van der Waals surface area contributed by atoms with Gasteiger partial charge < -0.3 is 14.2 Å². The molecule has 3 aromatic rings. The number of nitrogens with zero attached hydrogens (tertiary/aromatic N) is 4. The summed E-state index contributed by atoms with van der Waals surface area (Å²) in [4.78, 5) is 14.3. The normalized spacial score (nSPS) is 10.7. The summed E-state index contributed by atoms with van der Waals surface area (Å²) in [5.74, 6) is 1.16. The van der Waals surface area contributed by atoms with E-state index in [1.54, 1.807) is 24.1 Å². The number of amides is 1. The van der Waals surface area contributed by atoms with Gasteiger partial charge in [0.25, 0.3) is 0 Å². The van der Waals surface area contributed by atoms with E-state index in [-0.39, 0.29) is 17.5 Å². The van der Waals surface area contributed by atoms with E-state index in [0.29, 0.717) is 29.0 Å². The maximum Gasteiger partial charge on any atom is 0.237 e. The van der Waals surface area contributed by atoms with Crippen molar-refractivity contribution < 1.29 is 13.9 Å². The Labute approximate surface area is 167 Å². The minimum Gasteiger partial charge on any atom is -0.496 e. The fourth-order valence-electron chi connectivity index (χ4n) is 2.83. The van der Waals surface area contributed by atoms with Crippen LogP contribution in [0.15, 0.2) is 53.7 Å². The van der Waals surface area contributed by atoms with E-state index in [2.05, 4.69) is 10.2 Å². The molecule has 0 radical (unpaired) electrons. The van der Waals surface area contributed by atoms with E-state index >= 15 is 0 Å². The Kier molecular flexibility index (Phi) is 6.30. The van der Waals surface area contributed by atoms with Crippen LogP contribution >= 0.6 is 11.8 Å². The summed E-state index contributed by atoms with van der Waals surface area (Å²) in [6.07, 6.45) is 0. The SMILES string of the molecule is CCN(C(=O)CSc1nnc(-c2ccccc2OC)n1C)c1ccc(F)cc1. The Morgan fingerprint density at radius 2 is 1.89 bits per heavy atom. The smallest absolute Gasteiger partial charge is 0.237 e. The van der Waals surface area contributed by atoms with Crippen molar-refractivity contribution in [2.24, 2.45) is 7.05 Å². The van der Waals surface area contributed by atoms with Gasteiger partial charge in [0.2, 0.25) is 5.91 Å². The van der Waals surface area contributed by atoms with Gasteiger partial charge in [-0.15, -0.1) is 10.2 Å². The van der Waals surface area contributed by atoms with E-state index < -0.39 is 0 Å². The number of carbonyl (C=O) groups excluding carboxylic acids is 1. The molecule has 0 fully saturated rings. The maximum atomic E-state index is 13.1. The molecule has 0 atom stereocenters. The van der Waals surface area contributed by atoms with Crippen LogP contribution in [0.1, 0.15) is 6.92 Å². The van der Waals surface area contributed by atoms with Crippen molar-refractivity contribution in [1.29, 1.82) is 0 Å². The third-order valence-electron chi connectivity index (χ3n) is 4.26. The molecule has 2 aromatic carbocycles. The Morgan fingerprint density at radius 3 is 2.57 bits per heavy atom. The second kappa shape index (κ2) is 8.88. The highest BCUT2D eigenvalue weighted by molar-refractivity contribution is 7.99. The molecule has 1 aromatic heterocycles. The molecule has 28 heavy (non-hydrogen) atoms. The molecule has 0 saturated heterocycles. The number of anilines is 1. The molecule has 0 aliphatic carbocycles. The van der Waals surface area contributed by atoms with Crippen molar-refractivity contribution >= 4 is 23.4 Å². The zero-order valence-electron chi connectivity index (χ0n) is 15.9. The minimum absolute atomic E-state index is 0.0825. The molecule has 3 rings (SSSR count). The van der Waals surface area contributed by atoms with E-state index in [1.807, 2.05) is 42.8 Å². The number of aromatic nitrogens is 3. The standard InChI is InChI=1S/C20H21FN4O2S/c1-4-25(15-11-9-14(21)10-12-15)18(26)13-28-20-23-22-19(24(20)2)16-7-5-6-8-17(16)27-3/h5-12H,4,13H2,1-3H3. The zero-order chi connectivity index (χ0) is 20.1. The van der Waals surface area contributed by atoms with Crippen molar-refractivity contribution in [2.75, 3.05) is 24.3 Å². The van der Waals surface area contributed by atoms with Gasteiger partial charge in [0.05, 0.1) is 18.4 Å². The molecule has 0 N–H and O–H groups in total. The first-order valence-electron chi connectivity index (χ1n) is 8.76. The van der Waals surface area contributed by atoms with Gasteiger partial charge in [-0.2, -0.15) is 0 Å². The largest absolute Gasteiger partial charge is 0.496 e. The van der Waals surface area contributed by atoms with Crippen LogP contribution in [0.5, 0.6) is 5.75 Å². The van der Waals surface area contributed by atoms with Gasteiger partial charge in [-0.25, -0.2) is 4.39 Å². The monoisotopic (exact) mass is 400 g/mol.